The van der Waals surface area contributed by atoms with Crippen molar-refractivity contribution in [1.29, 1.82) is 0 Å². The van der Waals surface area contributed by atoms with E-state index in [-0.39, 0.29) is 0 Å². The van der Waals surface area contributed by atoms with Crippen molar-refractivity contribution >= 4 is 0 Å². The third-order valence-electron chi connectivity index (χ3n) is 4.33. The van der Waals surface area contributed by atoms with Gasteiger partial charge < -0.3 is 10.1 Å². The van der Waals surface area contributed by atoms with E-state index in [9.17, 15) is 0 Å². The summed E-state index contributed by atoms with van der Waals surface area (Å²) in [7, 11) is 0. The highest BCUT2D eigenvalue weighted by Crippen LogP contribution is 2.29. The standard InChI is InChI=1S/C14H27NO/c1-3-16-14-8-13(9-14)15-10-12-6-4-11(2)5-7-12/h11-15H,3-10H2,1-2H3. The number of rotatable bonds is 5. The summed E-state index contributed by atoms with van der Waals surface area (Å²) in [6.07, 6.45) is 8.78. The summed E-state index contributed by atoms with van der Waals surface area (Å²) in [5.41, 5.74) is 0. The van der Waals surface area contributed by atoms with Crippen molar-refractivity contribution < 1.29 is 4.74 Å². The SMILES string of the molecule is CCOC1CC(NCC2CCC(C)CC2)C1. The molecule has 16 heavy (non-hydrogen) atoms. The van der Waals surface area contributed by atoms with Gasteiger partial charge in [-0.15, -0.1) is 0 Å². The van der Waals surface area contributed by atoms with Crippen LogP contribution in [0.5, 0.6) is 0 Å². The Hall–Kier alpha value is -0.0800. The van der Waals surface area contributed by atoms with Crippen LogP contribution in [0.25, 0.3) is 0 Å². The van der Waals surface area contributed by atoms with Gasteiger partial charge in [0, 0.05) is 12.6 Å². The summed E-state index contributed by atoms with van der Waals surface area (Å²) in [6.45, 7) is 6.60. The zero-order chi connectivity index (χ0) is 11.4. The van der Waals surface area contributed by atoms with E-state index in [4.69, 9.17) is 4.74 Å². The van der Waals surface area contributed by atoms with E-state index in [0.29, 0.717) is 6.10 Å². The van der Waals surface area contributed by atoms with Gasteiger partial charge in [-0.05, 0) is 51.0 Å². The molecule has 2 rings (SSSR count). The quantitative estimate of drug-likeness (QED) is 0.776. The highest BCUT2D eigenvalue weighted by atomic mass is 16.5. The van der Waals surface area contributed by atoms with Crippen molar-refractivity contribution in [1.82, 2.24) is 5.32 Å². The van der Waals surface area contributed by atoms with E-state index in [1.165, 1.54) is 45.1 Å². The molecule has 0 aromatic rings. The Labute approximate surface area is 100 Å². The summed E-state index contributed by atoms with van der Waals surface area (Å²) in [6, 6.07) is 0.746. The van der Waals surface area contributed by atoms with E-state index >= 15 is 0 Å². The third kappa shape index (κ3) is 3.46. The van der Waals surface area contributed by atoms with Crippen molar-refractivity contribution in [3.05, 3.63) is 0 Å². The molecule has 0 spiro atoms. The molecule has 2 fully saturated rings. The Balaban J connectivity index is 1.52. The molecule has 0 radical (unpaired) electrons. The van der Waals surface area contributed by atoms with Crippen LogP contribution in [0.3, 0.4) is 0 Å². The normalized spacial score (nSPS) is 39.4. The molecular formula is C14H27NO. The molecule has 0 amide bonds. The maximum Gasteiger partial charge on any atom is 0.0604 e. The maximum atomic E-state index is 5.57. The molecule has 1 N–H and O–H groups in total. The van der Waals surface area contributed by atoms with Gasteiger partial charge in [0.15, 0.2) is 0 Å². The van der Waals surface area contributed by atoms with Crippen LogP contribution in [0.4, 0.5) is 0 Å². The molecule has 2 saturated carbocycles. The van der Waals surface area contributed by atoms with Crippen molar-refractivity contribution in [3.8, 4) is 0 Å². The van der Waals surface area contributed by atoms with E-state index in [0.717, 1.165) is 24.5 Å². The number of ether oxygens (including phenoxy) is 1. The van der Waals surface area contributed by atoms with Crippen LogP contribution in [0.15, 0.2) is 0 Å². The first kappa shape index (κ1) is 12.4. The van der Waals surface area contributed by atoms with Crippen molar-refractivity contribution in [2.75, 3.05) is 13.2 Å². The zero-order valence-electron chi connectivity index (χ0n) is 10.9. The smallest absolute Gasteiger partial charge is 0.0604 e. The minimum absolute atomic E-state index is 0.550. The van der Waals surface area contributed by atoms with E-state index in [1.807, 2.05) is 0 Å². The van der Waals surface area contributed by atoms with E-state index in [1.54, 1.807) is 0 Å². The molecule has 2 aliphatic rings. The average Bonchev–Trinajstić information content (AvgIpc) is 2.24. The van der Waals surface area contributed by atoms with Crippen molar-refractivity contribution in [2.45, 2.75) is 64.5 Å². The number of hydrogen-bond acceptors (Lipinski definition) is 2. The van der Waals surface area contributed by atoms with Gasteiger partial charge in [0.05, 0.1) is 6.10 Å². The molecule has 0 heterocycles. The molecule has 0 saturated heterocycles. The molecular weight excluding hydrogens is 198 g/mol. The monoisotopic (exact) mass is 225 g/mol. The van der Waals surface area contributed by atoms with Gasteiger partial charge in [-0.25, -0.2) is 0 Å². The molecule has 94 valence electrons. The average molecular weight is 225 g/mol. The molecule has 2 aliphatic carbocycles. The number of hydrogen-bond donors (Lipinski definition) is 1. The van der Waals surface area contributed by atoms with Gasteiger partial charge in [0.1, 0.15) is 0 Å². The summed E-state index contributed by atoms with van der Waals surface area (Å²) >= 11 is 0. The Kier molecular flexibility index (Phi) is 4.66. The summed E-state index contributed by atoms with van der Waals surface area (Å²) < 4.78 is 5.57. The third-order valence-corrected chi connectivity index (χ3v) is 4.33. The minimum Gasteiger partial charge on any atom is -0.378 e. The molecule has 2 nitrogen and oxygen atoms in total. The van der Waals surface area contributed by atoms with Gasteiger partial charge >= 0.3 is 0 Å². The van der Waals surface area contributed by atoms with Crippen LogP contribution in [-0.4, -0.2) is 25.3 Å². The van der Waals surface area contributed by atoms with Crippen molar-refractivity contribution in [3.63, 3.8) is 0 Å². The lowest BCUT2D eigenvalue weighted by Gasteiger charge is -2.37. The fourth-order valence-corrected chi connectivity index (χ4v) is 2.97. The Morgan fingerprint density at radius 1 is 1.12 bits per heavy atom. The van der Waals surface area contributed by atoms with Gasteiger partial charge in [-0.1, -0.05) is 19.8 Å². The highest BCUT2D eigenvalue weighted by Gasteiger charge is 2.29. The second-order valence-corrected chi connectivity index (χ2v) is 5.78. The maximum absolute atomic E-state index is 5.57. The lowest BCUT2D eigenvalue weighted by atomic mass is 9.82. The molecule has 0 aromatic carbocycles. The first-order valence-electron chi connectivity index (χ1n) is 7.13. The Morgan fingerprint density at radius 2 is 1.81 bits per heavy atom. The second-order valence-electron chi connectivity index (χ2n) is 5.78. The molecule has 0 atom stereocenters. The van der Waals surface area contributed by atoms with Gasteiger partial charge in [0.25, 0.3) is 0 Å². The summed E-state index contributed by atoms with van der Waals surface area (Å²) in [4.78, 5) is 0. The molecule has 0 aliphatic heterocycles. The van der Waals surface area contributed by atoms with Crippen LogP contribution in [0.1, 0.15) is 52.4 Å². The van der Waals surface area contributed by atoms with Gasteiger partial charge in [0.2, 0.25) is 0 Å². The van der Waals surface area contributed by atoms with E-state index < -0.39 is 0 Å². The highest BCUT2D eigenvalue weighted by molar-refractivity contribution is 4.86. The Bertz CT molecular complexity index is 193. The van der Waals surface area contributed by atoms with Crippen LogP contribution in [-0.2, 0) is 4.74 Å². The van der Waals surface area contributed by atoms with Crippen LogP contribution in [0.2, 0.25) is 0 Å². The van der Waals surface area contributed by atoms with Crippen LogP contribution < -0.4 is 5.32 Å². The van der Waals surface area contributed by atoms with Gasteiger partial charge in [-0.3, -0.25) is 0 Å². The fraction of sp³-hybridized carbons (Fsp3) is 1.00. The molecule has 0 aromatic heterocycles. The topological polar surface area (TPSA) is 21.3 Å². The Morgan fingerprint density at radius 3 is 2.44 bits per heavy atom. The number of nitrogens with one attached hydrogen (secondary N) is 1. The molecule has 0 bridgehead atoms. The lowest BCUT2D eigenvalue weighted by Crippen LogP contribution is -2.47. The first-order chi connectivity index (χ1) is 7.78. The van der Waals surface area contributed by atoms with Crippen LogP contribution in [0, 0.1) is 11.8 Å². The van der Waals surface area contributed by atoms with Gasteiger partial charge in [-0.2, -0.15) is 0 Å². The summed E-state index contributed by atoms with van der Waals surface area (Å²) in [5, 5.41) is 3.71. The largest absolute Gasteiger partial charge is 0.378 e. The van der Waals surface area contributed by atoms with Crippen LogP contribution >= 0.6 is 0 Å². The van der Waals surface area contributed by atoms with Crippen molar-refractivity contribution in [2.24, 2.45) is 11.8 Å². The molecule has 2 heteroatoms. The minimum atomic E-state index is 0.550. The predicted molar refractivity (Wildman–Crippen MR) is 67.6 cm³/mol. The second kappa shape index (κ2) is 6.02. The molecule has 0 unspecified atom stereocenters. The lowest BCUT2D eigenvalue weighted by molar-refractivity contribution is -0.0109. The summed E-state index contributed by atoms with van der Waals surface area (Å²) in [5.74, 6) is 1.92. The fourth-order valence-electron chi connectivity index (χ4n) is 2.97. The predicted octanol–water partition coefficient (Wildman–Crippen LogP) is 2.97. The van der Waals surface area contributed by atoms with E-state index in [2.05, 4.69) is 19.2 Å². The first-order valence-corrected chi connectivity index (χ1v) is 7.13. The zero-order valence-corrected chi connectivity index (χ0v) is 10.9.